The molecule has 0 aromatic carbocycles. The molecule has 15 heavy (non-hydrogen) atoms. The van der Waals surface area contributed by atoms with E-state index in [4.69, 9.17) is 16.7 Å². The van der Waals surface area contributed by atoms with Gasteiger partial charge in [-0.15, -0.1) is 0 Å². The second-order valence-corrected chi connectivity index (χ2v) is 4.14. The smallest absolute Gasteiger partial charge is 0.354 e. The lowest BCUT2D eigenvalue weighted by atomic mass is 10.2. The molecule has 1 fully saturated rings. The Morgan fingerprint density at radius 1 is 1.33 bits per heavy atom. The third-order valence-electron chi connectivity index (χ3n) is 2.62. The van der Waals surface area contributed by atoms with Gasteiger partial charge in [0.25, 0.3) is 0 Å². The number of nitrogens with zero attached hydrogens (tertiary/aromatic N) is 2. The third-order valence-corrected chi connectivity index (χ3v) is 2.83. The molecule has 1 aromatic heterocycles. The Bertz CT molecular complexity index is 369. The highest BCUT2D eigenvalue weighted by atomic mass is 35.5. The molecule has 4 nitrogen and oxygen atoms in total. The van der Waals surface area contributed by atoms with Crippen LogP contribution >= 0.6 is 11.6 Å². The highest BCUT2D eigenvalue weighted by Crippen LogP contribution is 2.17. The maximum atomic E-state index is 11.0. The first-order valence-corrected chi connectivity index (χ1v) is 5.42. The molecule has 0 aliphatic carbocycles. The number of rotatable bonds is 2. The first kappa shape index (κ1) is 10.4. The van der Waals surface area contributed by atoms with Crippen LogP contribution in [0.3, 0.4) is 0 Å². The predicted molar refractivity (Wildman–Crippen MR) is 58.2 cm³/mol. The van der Waals surface area contributed by atoms with Gasteiger partial charge < -0.3 is 10.1 Å². The summed E-state index contributed by atoms with van der Waals surface area (Å²) in [6.45, 7) is 1.79. The average Bonchev–Trinajstić information content (AvgIpc) is 2.62. The van der Waals surface area contributed by atoms with Crippen molar-refractivity contribution in [3.8, 4) is 0 Å². The van der Waals surface area contributed by atoms with E-state index in [1.807, 2.05) is 5.01 Å². The van der Waals surface area contributed by atoms with Crippen LogP contribution in [0.2, 0.25) is 5.02 Å². The summed E-state index contributed by atoms with van der Waals surface area (Å²) >= 11 is 5.82. The minimum atomic E-state index is -0.938. The maximum Gasteiger partial charge on any atom is 0.354 e. The van der Waals surface area contributed by atoms with Gasteiger partial charge in [0.15, 0.2) is 0 Å². The number of hydrogen-bond donors (Lipinski definition) is 1. The predicted octanol–water partition coefficient (Wildman–Crippen LogP) is 1.96. The molecule has 1 aliphatic heterocycles. The van der Waals surface area contributed by atoms with E-state index < -0.39 is 5.97 Å². The summed E-state index contributed by atoms with van der Waals surface area (Å²) in [5.41, 5.74) is 0.238. The fourth-order valence-corrected chi connectivity index (χ4v) is 2.10. The Morgan fingerprint density at radius 3 is 2.60 bits per heavy atom. The molecule has 0 amide bonds. The first-order valence-electron chi connectivity index (χ1n) is 5.05. The number of carboxylic acid groups (broad SMARTS) is 1. The largest absolute Gasteiger partial charge is 0.477 e. The monoisotopic (exact) mass is 228 g/mol. The van der Waals surface area contributed by atoms with Gasteiger partial charge in [0, 0.05) is 19.3 Å². The average molecular weight is 229 g/mol. The van der Waals surface area contributed by atoms with Crippen molar-refractivity contribution in [3.63, 3.8) is 0 Å². The zero-order valence-electron chi connectivity index (χ0n) is 8.32. The lowest BCUT2D eigenvalue weighted by molar-refractivity contribution is 0.0684. The zero-order valence-corrected chi connectivity index (χ0v) is 9.07. The van der Waals surface area contributed by atoms with Gasteiger partial charge in [0.2, 0.25) is 0 Å². The quantitative estimate of drug-likeness (QED) is 0.842. The number of carboxylic acids is 1. The molecule has 5 heteroatoms. The first-order chi connectivity index (χ1) is 7.18. The molecular weight excluding hydrogens is 216 g/mol. The number of aromatic nitrogens is 1. The molecule has 0 bridgehead atoms. The number of aromatic carboxylic acids is 1. The molecular formula is C10H13ClN2O2. The Hall–Kier alpha value is -1.16. The molecule has 2 heterocycles. The Kier molecular flexibility index (Phi) is 2.86. The normalized spacial score (nSPS) is 16.7. The summed E-state index contributed by atoms with van der Waals surface area (Å²) < 4.78 is 1.66. The summed E-state index contributed by atoms with van der Waals surface area (Å²) in [7, 11) is 0. The fourth-order valence-electron chi connectivity index (χ4n) is 1.91. The van der Waals surface area contributed by atoms with E-state index in [9.17, 15) is 4.79 Å². The summed E-state index contributed by atoms with van der Waals surface area (Å²) in [6, 6.07) is 1.48. The second kappa shape index (κ2) is 4.14. The molecule has 82 valence electrons. The van der Waals surface area contributed by atoms with Crippen molar-refractivity contribution in [2.24, 2.45) is 0 Å². The van der Waals surface area contributed by atoms with Crippen LogP contribution in [0.4, 0.5) is 0 Å². The molecule has 0 radical (unpaired) electrons. The fraction of sp³-hybridized carbons (Fsp3) is 0.500. The van der Waals surface area contributed by atoms with E-state index >= 15 is 0 Å². The van der Waals surface area contributed by atoms with Crippen molar-refractivity contribution in [1.29, 1.82) is 0 Å². The highest BCUT2D eigenvalue weighted by Gasteiger charge is 2.18. The number of hydrogen-bond acceptors (Lipinski definition) is 2. The van der Waals surface area contributed by atoms with Gasteiger partial charge in [-0.05, 0) is 25.3 Å². The van der Waals surface area contributed by atoms with Crippen LogP contribution in [0.1, 0.15) is 29.8 Å². The van der Waals surface area contributed by atoms with Crippen LogP contribution in [0.25, 0.3) is 0 Å². The Morgan fingerprint density at radius 2 is 2.00 bits per heavy atom. The van der Waals surface area contributed by atoms with Gasteiger partial charge in [0.05, 0.1) is 5.02 Å². The molecule has 1 saturated heterocycles. The minimum Gasteiger partial charge on any atom is -0.477 e. The van der Waals surface area contributed by atoms with Gasteiger partial charge >= 0.3 is 5.97 Å². The molecule has 1 N–H and O–H groups in total. The lowest BCUT2D eigenvalue weighted by Gasteiger charge is -2.30. The van der Waals surface area contributed by atoms with Gasteiger partial charge in [-0.2, -0.15) is 0 Å². The maximum absolute atomic E-state index is 11.0. The zero-order chi connectivity index (χ0) is 10.8. The van der Waals surface area contributed by atoms with Crippen molar-refractivity contribution in [2.45, 2.75) is 19.3 Å². The SMILES string of the molecule is O=C(O)c1cc(Cl)cn1N1CCCCC1. The van der Waals surface area contributed by atoms with Crippen molar-refractivity contribution in [1.82, 2.24) is 4.68 Å². The lowest BCUT2D eigenvalue weighted by Crippen LogP contribution is -2.40. The van der Waals surface area contributed by atoms with Crippen LogP contribution in [-0.4, -0.2) is 28.8 Å². The van der Waals surface area contributed by atoms with Crippen LogP contribution in [0, 0.1) is 0 Å². The molecule has 2 rings (SSSR count). The third kappa shape index (κ3) is 2.09. The van der Waals surface area contributed by atoms with Crippen molar-refractivity contribution >= 4 is 17.6 Å². The van der Waals surface area contributed by atoms with Crippen molar-refractivity contribution in [2.75, 3.05) is 18.1 Å². The number of piperidine rings is 1. The standard InChI is InChI=1S/C10H13ClN2O2/c11-8-6-9(10(14)15)13(7-8)12-4-2-1-3-5-12/h6-7H,1-5H2,(H,14,15). The summed E-state index contributed by atoms with van der Waals surface area (Å²) in [4.78, 5) is 11.0. The molecule has 0 spiro atoms. The van der Waals surface area contributed by atoms with Gasteiger partial charge in [-0.1, -0.05) is 11.6 Å². The van der Waals surface area contributed by atoms with Crippen LogP contribution in [-0.2, 0) is 0 Å². The van der Waals surface area contributed by atoms with E-state index in [0.717, 1.165) is 25.9 Å². The Balaban J connectivity index is 2.28. The van der Waals surface area contributed by atoms with Gasteiger partial charge in [-0.3, -0.25) is 4.68 Å². The molecule has 0 saturated carbocycles. The summed E-state index contributed by atoms with van der Waals surface area (Å²) in [5, 5.41) is 11.5. The van der Waals surface area contributed by atoms with Crippen LogP contribution in [0.15, 0.2) is 12.3 Å². The van der Waals surface area contributed by atoms with E-state index in [2.05, 4.69) is 0 Å². The van der Waals surface area contributed by atoms with E-state index in [1.165, 1.54) is 12.5 Å². The molecule has 0 atom stereocenters. The van der Waals surface area contributed by atoms with E-state index in [0.29, 0.717) is 5.02 Å². The van der Waals surface area contributed by atoms with E-state index in [1.54, 1.807) is 10.9 Å². The minimum absolute atomic E-state index is 0.238. The van der Waals surface area contributed by atoms with E-state index in [-0.39, 0.29) is 5.69 Å². The number of halogens is 1. The number of carbonyl (C=O) groups is 1. The van der Waals surface area contributed by atoms with Crippen molar-refractivity contribution in [3.05, 3.63) is 23.0 Å². The molecule has 1 aromatic rings. The molecule has 1 aliphatic rings. The Labute approximate surface area is 93.0 Å². The van der Waals surface area contributed by atoms with Crippen LogP contribution < -0.4 is 5.01 Å². The summed E-state index contributed by atoms with van der Waals surface area (Å²) in [5.74, 6) is -0.938. The summed E-state index contributed by atoms with van der Waals surface area (Å²) in [6.07, 6.45) is 5.09. The van der Waals surface area contributed by atoms with Gasteiger partial charge in [-0.25, -0.2) is 4.79 Å². The van der Waals surface area contributed by atoms with Gasteiger partial charge in [0.1, 0.15) is 5.69 Å². The highest BCUT2D eigenvalue weighted by molar-refractivity contribution is 6.30. The molecule has 0 unspecified atom stereocenters. The second-order valence-electron chi connectivity index (χ2n) is 3.71. The van der Waals surface area contributed by atoms with Crippen LogP contribution in [0.5, 0.6) is 0 Å². The van der Waals surface area contributed by atoms with Crippen molar-refractivity contribution < 1.29 is 9.90 Å². The topological polar surface area (TPSA) is 45.5 Å².